The highest BCUT2D eigenvalue weighted by Crippen LogP contribution is 2.29. The first-order chi connectivity index (χ1) is 10.8. The lowest BCUT2D eigenvalue weighted by molar-refractivity contribution is -0.274. The molecule has 6 nitrogen and oxygen atoms in total. The van der Waals surface area contributed by atoms with Gasteiger partial charge in [-0.05, 0) is 24.3 Å². The van der Waals surface area contributed by atoms with E-state index in [9.17, 15) is 18.0 Å². The molecule has 0 atom stereocenters. The number of carbonyl (C=O) groups excluding carboxylic acids is 1. The normalized spacial score (nSPS) is 11.3. The van der Waals surface area contributed by atoms with Gasteiger partial charge in [-0.1, -0.05) is 23.1 Å². The standard InChI is InChI=1S/C12H11F3N4O2S2/c13-12(14,15)21-8-3-1-7(2-4-8)17-10-18-19-11(23-10)22-6-5-9(16)20/h1-4H,5-6H2,(H2,16,20)(H,17,18). The van der Waals surface area contributed by atoms with Gasteiger partial charge in [0.1, 0.15) is 5.75 Å². The Morgan fingerprint density at radius 2 is 2.00 bits per heavy atom. The van der Waals surface area contributed by atoms with E-state index in [2.05, 4.69) is 20.3 Å². The molecule has 0 fully saturated rings. The second-order valence-electron chi connectivity index (χ2n) is 4.14. The highest BCUT2D eigenvalue weighted by atomic mass is 32.2. The first kappa shape index (κ1) is 17.3. The highest BCUT2D eigenvalue weighted by molar-refractivity contribution is 8.01. The Kier molecular flexibility index (Phi) is 5.66. The van der Waals surface area contributed by atoms with E-state index >= 15 is 0 Å². The van der Waals surface area contributed by atoms with Gasteiger partial charge in [0.15, 0.2) is 4.34 Å². The molecule has 2 rings (SSSR count). The molecule has 0 aliphatic carbocycles. The third-order valence-electron chi connectivity index (χ3n) is 2.32. The summed E-state index contributed by atoms with van der Waals surface area (Å²) < 4.78 is 40.6. The smallest absolute Gasteiger partial charge is 0.406 e. The lowest BCUT2D eigenvalue weighted by Crippen LogP contribution is -2.16. The number of nitrogens with zero attached hydrogens (tertiary/aromatic N) is 2. The summed E-state index contributed by atoms with van der Waals surface area (Å²) in [5.74, 6) is -0.183. The van der Waals surface area contributed by atoms with E-state index in [1.807, 2.05) is 0 Å². The van der Waals surface area contributed by atoms with Gasteiger partial charge in [-0.15, -0.1) is 23.4 Å². The van der Waals surface area contributed by atoms with Crippen molar-refractivity contribution in [2.45, 2.75) is 17.1 Å². The van der Waals surface area contributed by atoms with Crippen molar-refractivity contribution in [2.24, 2.45) is 5.73 Å². The Morgan fingerprint density at radius 1 is 1.30 bits per heavy atom. The zero-order valence-electron chi connectivity index (χ0n) is 11.5. The molecule has 0 bridgehead atoms. The molecule has 1 amide bonds. The summed E-state index contributed by atoms with van der Waals surface area (Å²) in [4.78, 5) is 10.6. The third kappa shape index (κ3) is 6.32. The van der Waals surface area contributed by atoms with E-state index in [1.54, 1.807) is 0 Å². The van der Waals surface area contributed by atoms with Crippen LogP contribution >= 0.6 is 23.1 Å². The van der Waals surface area contributed by atoms with Crippen molar-refractivity contribution in [3.8, 4) is 5.75 Å². The lowest BCUT2D eigenvalue weighted by Gasteiger charge is -2.09. The number of halogens is 3. The summed E-state index contributed by atoms with van der Waals surface area (Å²) in [6, 6.07) is 5.25. The largest absolute Gasteiger partial charge is 0.573 e. The Balaban J connectivity index is 1.89. The molecule has 0 radical (unpaired) electrons. The van der Waals surface area contributed by atoms with Gasteiger partial charge < -0.3 is 15.8 Å². The number of rotatable bonds is 7. The number of amides is 1. The monoisotopic (exact) mass is 364 g/mol. The number of anilines is 2. The van der Waals surface area contributed by atoms with Crippen LogP contribution in [0.1, 0.15) is 6.42 Å². The number of aromatic nitrogens is 2. The van der Waals surface area contributed by atoms with Gasteiger partial charge in [-0.2, -0.15) is 0 Å². The van der Waals surface area contributed by atoms with Gasteiger partial charge in [-0.25, -0.2) is 0 Å². The number of hydrogen-bond donors (Lipinski definition) is 2. The van der Waals surface area contributed by atoms with E-state index in [1.165, 1.54) is 47.4 Å². The van der Waals surface area contributed by atoms with Crippen molar-refractivity contribution in [1.29, 1.82) is 0 Å². The number of thioether (sulfide) groups is 1. The predicted octanol–water partition coefficient (Wildman–Crippen LogP) is 3.15. The second kappa shape index (κ2) is 7.51. The Bertz CT molecular complexity index is 661. The van der Waals surface area contributed by atoms with Crippen molar-refractivity contribution < 1.29 is 22.7 Å². The molecular formula is C12H11F3N4O2S2. The molecule has 124 valence electrons. The van der Waals surface area contributed by atoms with Crippen LogP contribution in [-0.2, 0) is 4.79 Å². The molecule has 1 aromatic heterocycles. The minimum absolute atomic E-state index is 0.244. The molecule has 1 heterocycles. The van der Waals surface area contributed by atoms with Gasteiger partial charge in [0.05, 0.1) is 0 Å². The molecule has 0 aliphatic rings. The van der Waals surface area contributed by atoms with Gasteiger partial charge in [0.2, 0.25) is 11.0 Å². The van der Waals surface area contributed by atoms with Crippen LogP contribution < -0.4 is 15.8 Å². The van der Waals surface area contributed by atoms with Crippen LogP contribution in [0.2, 0.25) is 0 Å². The molecule has 3 N–H and O–H groups in total. The van der Waals surface area contributed by atoms with E-state index in [-0.39, 0.29) is 18.1 Å². The summed E-state index contributed by atoms with van der Waals surface area (Å²) in [6.45, 7) is 0. The van der Waals surface area contributed by atoms with Gasteiger partial charge in [0, 0.05) is 17.9 Å². The number of nitrogens with two attached hydrogens (primary N) is 1. The molecule has 0 saturated carbocycles. The van der Waals surface area contributed by atoms with Crippen LogP contribution in [0.25, 0.3) is 0 Å². The number of ether oxygens (including phenoxy) is 1. The molecule has 0 saturated heterocycles. The molecule has 1 aromatic carbocycles. The van der Waals surface area contributed by atoms with E-state index in [0.29, 0.717) is 20.9 Å². The quantitative estimate of drug-likeness (QED) is 0.734. The Labute approximate surface area is 137 Å². The summed E-state index contributed by atoms with van der Waals surface area (Å²) >= 11 is 2.61. The number of carbonyl (C=O) groups is 1. The maximum absolute atomic E-state index is 12.1. The minimum atomic E-state index is -4.72. The van der Waals surface area contributed by atoms with E-state index in [4.69, 9.17) is 5.73 Å². The molecular weight excluding hydrogens is 353 g/mol. The predicted molar refractivity (Wildman–Crippen MR) is 80.9 cm³/mol. The van der Waals surface area contributed by atoms with Crippen molar-refractivity contribution in [1.82, 2.24) is 10.2 Å². The number of primary amides is 1. The van der Waals surface area contributed by atoms with Crippen LogP contribution in [0.4, 0.5) is 24.0 Å². The molecule has 0 spiro atoms. The summed E-state index contributed by atoms with van der Waals surface area (Å²) in [5, 5.41) is 11.2. The Hall–Kier alpha value is -2.01. The van der Waals surface area contributed by atoms with E-state index < -0.39 is 6.36 Å². The fourth-order valence-corrected chi connectivity index (χ4v) is 3.22. The lowest BCUT2D eigenvalue weighted by atomic mass is 10.3. The zero-order valence-corrected chi connectivity index (χ0v) is 13.1. The molecule has 23 heavy (non-hydrogen) atoms. The summed E-state index contributed by atoms with van der Waals surface area (Å²) in [5.41, 5.74) is 5.58. The van der Waals surface area contributed by atoms with Crippen LogP contribution in [-0.4, -0.2) is 28.2 Å². The van der Waals surface area contributed by atoms with Gasteiger partial charge in [0.25, 0.3) is 0 Å². The Morgan fingerprint density at radius 3 is 2.61 bits per heavy atom. The third-order valence-corrected chi connectivity index (χ3v) is 4.29. The fraction of sp³-hybridized carbons (Fsp3) is 0.250. The number of nitrogens with one attached hydrogen (secondary N) is 1. The van der Waals surface area contributed by atoms with Crippen LogP contribution in [0.5, 0.6) is 5.75 Å². The molecule has 2 aromatic rings. The van der Waals surface area contributed by atoms with Crippen LogP contribution in [0.3, 0.4) is 0 Å². The number of alkyl halides is 3. The second-order valence-corrected chi connectivity index (χ2v) is 6.45. The number of benzene rings is 1. The van der Waals surface area contributed by atoms with Crippen molar-refractivity contribution in [2.75, 3.05) is 11.1 Å². The average Bonchev–Trinajstić information content (AvgIpc) is 2.86. The van der Waals surface area contributed by atoms with Gasteiger partial charge in [-0.3, -0.25) is 4.79 Å². The minimum Gasteiger partial charge on any atom is -0.406 e. The molecule has 0 unspecified atom stereocenters. The van der Waals surface area contributed by atoms with Crippen LogP contribution in [0.15, 0.2) is 28.6 Å². The first-order valence-electron chi connectivity index (χ1n) is 6.19. The van der Waals surface area contributed by atoms with Crippen molar-refractivity contribution in [3.05, 3.63) is 24.3 Å². The topological polar surface area (TPSA) is 90.1 Å². The van der Waals surface area contributed by atoms with Crippen molar-refractivity contribution in [3.63, 3.8) is 0 Å². The number of hydrogen-bond acceptors (Lipinski definition) is 7. The fourth-order valence-electron chi connectivity index (χ4n) is 1.42. The van der Waals surface area contributed by atoms with Gasteiger partial charge >= 0.3 is 6.36 Å². The van der Waals surface area contributed by atoms with E-state index in [0.717, 1.165) is 0 Å². The maximum atomic E-state index is 12.1. The molecule has 0 aliphatic heterocycles. The van der Waals surface area contributed by atoms with Crippen molar-refractivity contribution >= 4 is 39.8 Å². The average molecular weight is 364 g/mol. The maximum Gasteiger partial charge on any atom is 0.573 e. The summed E-state index contributed by atoms with van der Waals surface area (Å²) in [7, 11) is 0. The van der Waals surface area contributed by atoms with Crippen LogP contribution in [0, 0.1) is 0 Å². The highest BCUT2D eigenvalue weighted by Gasteiger charge is 2.30. The SMILES string of the molecule is NC(=O)CCSc1nnc(Nc2ccc(OC(F)(F)F)cc2)s1. The first-order valence-corrected chi connectivity index (χ1v) is 7.99. The summed E-state index contributed by atoms with van der Waals surface area (Å²) in [6.07, 6.45) is -4.47. The zero-order chi connectivity index (χ0) is 16.9. The molecule has 11 heteroatoms.